The number of H-pyrrole nitrogens is 1. The van der Waals surface area contributed by atoms with Gasteiger partial charge in [0.1, 0.15) is 5.82 Å². The van der Waals surface area contributed by atoms with E-state index in [0.717, 1.165) is 17.2 Å². The van der Waals surface area contributed by atoms with Crippen LogP contribution in [-0.4, -0.2) is 15.2 Å². The average molecular weight is 189 g/mol. The van der Waals surface area contributed by atoms with Crippen LogP contribution in [0.2, 0.25) is 0 Å². The zero-order valence-corrected chi connectivity index (χ0v) is 7.78. The number of nitrogen functional groups attached to an aromatic ring is 1. The minimum absolute atomic E-state index is 0.684. The molecule has 0 unspecified atom stereocenters. The summed E-state index contributed by atoms with van der Waals surface area (Å²) in [6.45, 7) is 1.93. The van der Waals surface area contributed by atoms with Crippen LogP contribution in [0.5, 0.6) is 0 Å². The molecule has 0 bridgehead atoms. The summed E-state index contributed by atoms with van der Waals surface area (Å²) in [4.78, 5) is 4.12. The molecule has 2 aromatic heterocycles. The molecular weight excluding hydrogens is 178 g/mol. The Kier molecular flexibility index (Phi) is 2.06. The summed E-state index contributed by atoms with van der Waals surface area (Å²) in [6.07, 6.45) is 3.37. The van der Waals surface area contributed by atoms with Crippen LogP contribution < -0.4 is 11.1 Å². The lowest BCUT2D eigenvalue weighted by Crippen LogP contribution is -1.95. The SMILES string of the molecule is Cc1[nH]ncc1Nc1cc(N)ccn1. The van der Waals surface area contributed by atoms with Gasteiger partial charge in [-0.3, -0.25) is 5.10 Å². The molecule has 2 aromatic rings. The number of anilines is 3. The largest absolute Gasteiger partial charge is 0.399 e. The number of pyridine rings is 1. The van der Waals surface area contributed by atoms with Gasteiger partial charge in [0.2, 0.25) is 0 Å². The van der Waals surface area contributed by atoms with E-state index in [1.165, 1.54) is 0 Å². The quantitative estimate of drug-likeness (QED) is 0.667. The molecule has 2 heterocycles. The third-order valence-corrected chi connectivity index (χ3v) is 1.88. The van der Waals surface area contributed by atoms with Crippen LogP contribution in [0.25, 0.3) is 0 Å². The molecule has 14 heavy (non-hydrogen) atoms. The predicted octanol–water partition coefficient (Wildman–Crippen LogP) is 1.44. The van der Waals surface area contributed by atoms with Gasteiger partial charge in [0, 0.05) is 18.0 Å². The van der Waals surface area contributed by atoms with E-state index in [4.69, 9.17) is 5.73 Å². The van der Waals surface area contributed by atoms with Crippen molar-refractivity contribution in [2.75, 3.05) is 11.1 Å². The lowest BCUT2D eigenvalue weighted by atomic mass is 10.3. The number of hydrogen-bond acceptors (Lipinski definition) is 4. The van der Waals surface area contributed by atoms with Crippen molar-refractivity contribution in [3.8, 4) is 0 Å². The molecule has 0 spiro atoms. The van der Waals surface area contributed by atoms with Crippen LogP contribution in [-0.2, 0) is 0 Å². The van der Waals surface area contributed by atoms with E-state index >= 15 is 0 Å². The van der Waals surface area contributed by atoms with Crippen LogP contribution in [0.1, 0.15) is 5.69 Å². The molecule has 0 fully saturated rings. The Balaban J connectivity index is 2.23. The molecule has 0 aliphatic carbocycles. The number of rotatable bonds is 2. The molecule has 4 N–H and O–H groups in total. The van der Waals surface area contributed by atoms with E-state index < -0.39 is 0 Å². The summed E-state index contributed by atoms with van der Waals surface area (Å²) >= 11 is 0. The highest BCUT2D eigenvalue weighted by atomic mass is 15.1. The van der Waals surface area contributed by atoms with Crippen LogP contribution in [0.3, 0.4) is 0 Å². The fourth-order valence-corrected chi connectivity index (χ4v) is 1.13. The summed E-state index contributed by atoms with van der Waals surface area (Å²) < 4.78 is 0. The fraction of sp³-hybridized carbons (Fsp3) is 0.111. The van der Waals surface area contributed by atoms with Crippen LogP contribution in [0.4, 0.5) is 17.2 Å². The number of aryl methyl sites for hydroxylation is 1. The molecule has 0 aromatic carbocycles. The Bertz CT molecular complexity index is 434. The fourth-order valence-electron chi connectivity index (χ4n) is 1.13. The third kappa shape index (κ3) is 1.66. The van der Waals surface area contributed by atoms with Crippen molar-refractivity contribution in [1.29, 1.82) is 0 Å². The highest BCUT2D eigenvalue weighted by molar-refractivity contribution is 5.60. The van der Waals surface area contributed by atoms with E-state index in [2.05, 4.69) is 20.5 Å². The maximum atomic E-state index is 5.62. The number of nitrogens with one attached hydrogen (secondary N) is 2. The summed E-state index contributed by atoms with van der Waals surface area (Å²) in [5, 5.41) is 9.83. The molecule has 0 radical (unpaired) electrons. The highest BCUT2D eigenvalue weighted by Crippen LogP contribution is 2.17. The molecule has 5 nitrogen and oxygen atoms in total. The molecule has 5 heteroatoms. The van der Waals surface area contributed by atoms with Crippen molar-refractivity contribution < 1.29 is 0 Å². The Labute approximate surface area is 81.4 Å². The number of nitrogens with zero attached hydrogens (tertiary/aromatic N) is 2. The van der Waals surface area contributed by atoms with E-state index in [9.17, 15) is 0 Å². The van der Waals surface area contributed by atoms with E-state index in [1.54, 1.807) is 24.5 Å². The molecule has 0 aliphatic heterocycles. The van der Waals surface area contributed by atoms with Gasteiger partial charge in [-0.2, -0.15) is 5.10 Å². The summed E-state index contributed by atoms with van der Waals surface area (Å²) in [5.41, 5.74) is 8.18. The number of aromatic amines is 1. The van der Waals surface area contributed by atoms with E-state index in [-0.39, 0.29) is 0 Å². The first-order chi connectivity index (χ1) is 6.75. The van der Waals surface area contributed by atoms with Crippen molar-refractivity contribution in [3.63, 3.8) is 0 Å². The summed E-state index contributed by atoms with van der Waals surface area (Å²) in [5.74, 6) is 0.717. The average Bonchev–Trinajstić information content (AvgIpc) is 2.52. The van der Waals surface area contributed by atoms with E-state index in [0.29, 0.717) is 5.69 Å². The zero-order valence-electron chi connectivity index (χ0n) is 7.78. The van der Waals surface area contributed by atoms with Gasteiger partial charge in [-0.1, -0.05) is 0 Å². The number of aromatic nitrogens is 3. The minimum Gasteiger partial charge on any atom is -0.399 e. The first-order valence-electron chi connectivity index (χ1n) is 4.24. The van der Waals surface area contributed by atoms with Crippen molar-refractivity contribution >= 4 is 17.2 Å². The molecule has 2 rings (SSSR count). The van der Waals surface area contributed by atoms with Crippen LogP contribution in [0.15, 0.2) is 24.5 Å². The summed E-state index contributed by atoms with van der Waals surface area (Å²) in [6, 6.07) is 3.51. The molecule has 0 atom stereocenters. The van der Waals surface area contributed by atoms with Crippen molar-refractivity contribution in [1.82, 2.24) is 15.2 Å². The monoisotopic (exact) mass is 189 g/mol. The first-order valence-corrected chi connectivity index (χ1v) is 4.24. The Morgan fingerprint density at radius 3 is 3.00 bits per heavy atom. The number of hydrogen-bond donors (Lipinski definition) is 3. The Morgan fingerprint density at radius 1 is 1.50 bits per heavy atom. The van der Waals surface area contributed by atoms with Crippen LogP contribution in [0, 0.1) is 6.92 Å². The lowest BCUT2D eigenvalue weighted by Gasteiger charge is -2.03. The topological polar surface area (TPSA) is 79.6 Å². The maximum Gasteiger partial charge on any atom is 0.132 e. The van der Waals surface area contributed by atoms with Gasteiger partial charge in [-0.05, 0) is 13.0 Å². The predicted molar refractivity (Wildman–Crippen MR) is 55.3 cm³/mol. The number of nitrogens with two attached hydrogens (primary N) is 1. The molecule has 0 saturated heterocycles. The normalized spacial score (nSPS) is 10.1. The Morgan fingerprint density at radius 2 is 2.36 bits per heavy atom. The van der Waals surface area contributed by atoms with Gasteiger partial charge in [0.05, 0.1) is 17.6 Å². The first kappa shape index (κ1) is 8.55. The van der Waals surface area contributed by atoms with Gasteiger partial charge < -0.3 is 11.1 Å². The molecule has 0 saturated carbocycles. The van der Waals surface area contributed by atoms with Gasteiger partial charge in [0.15, 0.2) is 0 Å². The van der Waals surface area contributed by atoms with Crippen molar-refractivity contribution in [2.45, 2.75) is 6.92 Å². The van der Waals surface area contributed by atoms with Gasteiger partial charge in [0.25, 0.3) is 0 Å². The second kappa shape index (κ2) is 3.37. The highest BCUT2D eigenvalue weighted by Gasteiger charge is 2.00. The second-order valence-corrected chi connectivity index (χ2v) is 3.01. The molecule has 0 aliphatic rings. The van der Waals surface area contributed by atoms with Gasteiger partial charge in [-0.15, -0.1) is 0 Å². The van der Waals surface area contributed by atoms with Crippen LogP contribution >= 0.6 is 0 Å². The molecule has 0 amide bonds. The lowest BCUT2D eigenvalue weighted by molar-refractivity contribution is 1.05. The standard InChI is InChI=1S/C9H11N5/c1-6-8(5-12-14-6)13-9-4-7(10)2-3-11-9/h2-5H,1H3,(H,12,14)(H3,10,11,13). The third-order valence-electron chi connectivity index (χ3n) is 1.88. The van der Waals surface area contributed by atoms with Crippen molar-refractivity contribution in [2.24, 2.45) is 0 Å². The van der Waals surface area contributed by atoms with Gasteiger partial charge >= 0.3 is 0 Å². The molecular formula is C9H11N5. The second-order valence-electron chi connectivity index (χ2n) is 3.01. The van der Waals surface area contributed by atoms with Gasteiger partial charge in [-0.25, -0.2) is 4.98 Å². The maximum absolute atomic E-state index is 5.62. The summed E-state index contributed by atoms with van der Waals surface area (Å²) in [7, 11) is 0. The smallest absolute Gasteiger partial charge is 0.132 e. The van der Waals surface area contributed by atoms with E-state index in [1.807, 2.05) is 6.92 Å². The molecule has 72 valence electrons. The minimum atomic E-state index is 0.684. The Hall–Kier alpha value is -2.04. The zero-order chi connectivity index (χ0) is 9.97. The van der Waals surface area contributed by atoms with Crippen molar-refractivity contribution in [3.05, 3.63) is 30.2 Å².